The number of amides is 2. The lowest BCUT2D eigenvalue weighted by Crippen LogP contribution is -2.23. The molecular formula is C24H24ClN3O3. The number of hydrogen-bond donors (Lipinski definition) is 3. The van der Waals surface area contributed by atoms with Gasteiger partial charge in [-0.15, -0.1) is 0 Å². The normalized spacial score (nSPS) is 10.3. The van der Waals surface area contributed by atoms with Gasteiger partial charge in [0, 0.05) is 11.4 Å². The number of aryl methyl sites for hydroxylation is 1. The number of benzene rings is 3. The lowest BCUT2D eigenvalue weighted by atomic mass is 10.1. The Morgan fingerprint density at radius 3 is 2.39 bits per heavy atom. The highest BCUT2D eigenvalue weighted by Gasteiger charge is 2.13. The molecule has 0 aliphatic carbocycles. The number of carbonyl (C=O) groups excluding carboxylic acids is 2. The topological polar surface area (TPSA) is 79.5 Å². The number of anilines is 3. The van der Waals surface area contributed by atoms with E-state index in [1.54, 1.807) is 60.7 Å². The summed E-state index contributed by atoms with van der Waals surface area (Å²) in [6.07, 6.45) is 0. The van der Waals surface area contributed by atoms with Crippen molar-refractivity contribution in [3.8, 4) is 5.75 Å². The van der Waals surface area contributed by atoms with Crippen LogP contribution in [0.2, 0.25) is 5.02 Å². The fourth-order valence-electron chi connectivity index (χ4n) is 2.93. The van der Waals surface area contributed by atoms with E-state index < -0.39 is 0 Å². The maximum atomic E-state index is 12.8. The first-order valence-electron chi connectivity index (χ1n) is 9.89. The third-order valence-corrected chi connectivity index (χ3v) is 4.75. The van der Waals surface area contributed by atoms with E-state index in [4.69, 9.17) is 16.3 Å². The molecule has 0 fully saturated rings. The zero-order valence-electron chi connectivity index (χ0n) is 17.4. The first-order valence-corrected chi connectivity index (χ1v) is 10.3. The van der Waals surface area contributed by atoms with Crippen molar-refractivity contribution < 1.29 is 14.3 Å². The van der Waals surface area contributed by atoms with Crippen LogP contribution in [0.4, 0.5) is 17.1 Å². The average molecular weight is 438 g/mol. The van der Waals surface area contributed by atoms with Gasteiger partial charge in [0.1, 0.15) is 5.75 Å². The van der Waals surface area contributed by atoms with Crippen molar-refractivity contribution in [3.05, 3.63) is 82.9 Å². The summed E-state index contributed by atoms with van der Waals surface area (Å²) in [7, 11) is 0. The fourth-order valence-corrected chi connectivity index (χ4v) is 3.21. The van der Waals surface area contributed by atoms with Gasteiger partial charge in [0.25, 0.3) is 5.91 Å². The van der Waals surface area contributed by atoms with E-state index in [2.05, 4.69) is 16.0 Å². The number of nitrogens with one attached hydrogen (secondary N) is 3. The molecule has 7 heteroatoms. The highest BCUT2D eigenvalue weighted by molar-refractivity contribution is 6.33. The van der Waals surface area contributed by atoms with Crippen molar-refractivity contribution >= 4 is 40.5 Å². The molecule has 0 aliphatic rings. The Bertz CT molecular complexity index is 1070. The van der Waals surface area contributed by atoms with Gasteiger partial charge in [0.15, 0.2) is 0 Å². The van der Waals surface area contributed by atoms with E-state index in [9.17, 15) is 9.59 Å². The molecule has 0 heterocycles. The second kappa shape index (κ2) is 10.5. The molecule has 6 nitrogen and oxygen atoms in total. The molecule has 0 spiro atoms. The van der Waals surface area contributed by atoms with Gasteiger partial charge in [0.2, 0.25) is 5.91 Å². The van der Waals surface area contributed by atoms with Gasteiger partial charge in [-0.2, -0.15) is 0 Å². The van der Waals surface area contributed by atoms with Crippen molar-refractivity contribution in [1.29, 1.82) is 0 Å². The summed E-state index contributed by atoms with van der Waals surface area (Å²) in [5, 5.41) is 9.12. The largest absolute Gasteiger partial charge is 0.494 e. The molecule has 3 rings (SSSR count). The van der Waals surface area contributed by atoms with Crippen LogP contribution in [0.15, 0.2) is 66.7 Å². The number of carbonyl (C=O) groups is 2. The smallest absolute Gasteiger partial charge is 0.257 e. The number of ether oxygens (including phenoxy) is 1. The molecular weight excluding hydrogens is 414 g/mol. The van der Waals surface area contributed by atoms with Gasteiger partial charge < -0.3 is 20.7 Å². The van der Waals surface area contributed by atoms with E-state index in [1.165, 1.54) is 0 Å². The third-order valence-electron chi connectivity index (χ3n) is 4.43. The first-order chi connectivity index (χ1) is 15.0. The molecule has 0 unspecified atom stereocenters. The first kappa shape index (κ1) is 22.2. The van der Waals surface area contributed by atoms with E-state index in [0.29, 0.717) is 34.3 Å². The zero-order valence-corrected chi connectivity index (χ0v) is 18.1. The second-order valence-electron chi connectivity index (χ2n) is 6.84. The van der Waals surface area contributed by atoms with Crippen LogP contribution < -0.4 is 20.7 Å². The molecule has 0 saturated carbocycles. The molecule has 0 atom stereocenters. The van der Waals surface area contributed by atoms with Crippen molar-refractivity contribution in [2.45, 2.75) is 13.8 Å². The summed E-state index contributed by atoms with van der Waals surface area (Å²) in [5.41, 5.74) is 3.18. The summed E-state index contributed by atoms with van der Waals surface area (Å²) >= 11 is 6.17. The van der Waals surface area contributed by atoms with Crippen LogP contribution in [0.25, 0.3) is 0 Å². The molecule has 31 heavy (non-hydrogen) atoms. The highest BCUT2D eigenvalue weighted by atomic mass is 35.5. The summed E-state index contributed by atoms with van der Waals surface area (Å²) in [6, 6.07) is 19.6. The predicted octanol–water partition coefficient (Wildman–Crippen LogP) is 5.35. The summed E-state index contributed by atoms with van der Waals surface area (Å²) in [6.45, 7) is 4.40. The van der Waals surface area contributed by atoms with Crippen molar-refractivity contribution in [2.75, 3.05) is 29.1 Å². The van der Waals surface area contributed by atoms with Gasteiger partial charge >= 0.3 is 0 Å². The predicted molar refractivity (Wildman–Crippen MR) is 125 cm³/mol. The molecule has 0 bridgehead atoms. The SMILES string of the molecule is CCOc1ccc(NC(=O)c2ccccc2NCC(=O)Nc2ccc(C)cc2Cl)cc1. The molecule has 0 saturated heterocycles. The zero-order chi connectivity index (χ0) is 22.2. The third kappa shape index (κ3) is 6.23. The van der Waals surface area contributed by atoms with Crippen molar-refractivity contribution in [1.82, 2.24) is 0 Å². The van der Waals surface area contributed by atoms with Gasteiger partial charge in [0.05, 0.1) is 29.4 Å². The number of rotatable bonds is 8. The number of para-hydroxylation sites is 1. The molecule has 3 N–H and O–H groups in total. The maximum Gasteiger partial charge on any atom is 0.257 e. The molecule has 3 aromatic rings. The minimum Gasteiger partial charge on any atom is -0.494 e. The number of hydrogen-bond acceptors (Lipinski definition) is 4. The minimum absolute atomic E-state index is 0.0163. The number of halogens is 1. The van der Waals surface area contributed by atoms with Crippen LogP contribution >= 0.6 is 11.6 Å². The molecule has 3 aromatic carbocycles. The molecule has 0 aliphatic heterocycles. The molecule has 0 radical (unpaired) electrons. The standard InChI is InChI=1S/C24H24ClN3O3/c1-3-31-18-11-9-17(10-12-18)27-24(30)19-6-4-5-7-21(19)26-15-23(29)28-22-13-8-16(2)14-20(22)25/h4-14,26H,3,15H2,1-2H3,(H,27,30)(H,28,29). The molecule has 2 amide bonds. The van der Waals surface area contributed by atoms with Crippen LogP contribution in [0.5, 0.6) is 5.75 Å². The van der Waals surface area contributed by atoms with Crippen LogP contribution in [0.3, 0.4) is 0 Å². The lowest BCUT2D eigenvalue weighted by molar-refractivity contribution is -0.114. The van der Waals surface area contributed by atoms with Gasteiger partial charge in [-0.25, -0.2) is 0 Å². The Labute approximate surface area is 186 Å². The molecule has 0 aromatic heterocycles. The van der Waals surface area contributed by atoms with Gasteiger partial charge in [-0.1, -0.05) is 29.8 Å². The molecule has 160 valence electrons. The quantitative estimate of drug-likeness (QED) is 0.443. The Hall–Kier alpha value is -3.51. The van der Waals surface area contributed by atoms with Crippen molar-refractivity contribution in [2.24, 2.45) is 0 Å². The van der Waals surface area contributed by atoms with Crippen molar-refractivity contribution in [3.63, 3.8) is 0 Å². The van der Waals surface area contributed by atoms with Gasteiger partial charge in [-0.3, -0.25) is 9.59 Å². The van der Waals surface area contributed by atoms with Gasteiger partial charge in [-0.05, 0) is 67.9 Å². The van der Waals surface area contributed by atoms with Crippen LogP contribution in [-0.2, 0) is 4.79 Å². The van der Waals surface area contributed by atoms with Crippen LogP contribution in [0.1, 0.15) is 22.8 Å². The highest BCUT2D eigenvalue weighted by Crippen LogP contribution is 2.23. The second-order valence-corrected chi connectivity index (χ2v) is 7.25. The van der Waals surface area contributed by atoms with E-state index in [-0.39, 0.29) is 18.4 Å². The monoisotopic (exact) mass is 437 g/mol. The lowest BCUT2D eigenvalue weighted by Gasteiger charge is -2.13. The van der Waals surface area contributed by atoms with E-state index in [0.717, 1.165) is 11.3 Å². The van der Waals surface area contributed by atoms with E-state index in [1.807, 2.05) is 19.9 Å². The Morgan fingerprint density at radius 1 is 0.935 bits per heavy atom. The van der Waals surface area contributed by atoms with Crippen LogP contribution in [-0.4, -0.2) is 25.0 Å². The minimum atomic E-state index is -0.283. The van der Waals surface area contributed by atoms with E-state index >= 15 is 0 Å². The fraction of sp³-hybridized carbons (Fsp3) is 0.167. The summed E-state index contributed by atoms with van der Waals surface area (Å²) < 4.78 is 5.41. The Kier molecular flexibility index (Phi) is 7.51. The average Bonchev–Trinajstić information content (AvgIpc) is 2.76. The van der Waals surface area contributed by atoms with Crippen LogP contribution in [0, 0.1) is 6.92 Å². The Morgan fingerprint density at radius 2 is 1.68 bits per heavy atom. The summed E-state index contributed by atoms with van der Waals surface area (Å²) in [5.74, 6) is 0.184. The maximum absolute atomic E-state index is 12.8. The Balaban J connectivity index is 1.62. The summed E-state index contributed by atoms with van der Waals surface area (Å²) in [4.78, 5) is 25.1.